The van der Waals surface area contributed by atoms with Crippen LogP contribution in [0.3, 0.4) is 0 Å². The largest absolute Gasteiger partial charge is 0.456 e. The van der Waals surface area contributed by atoms with Crippen LogP contribution in [0.2, 0.25) is 0 Å². The van der Waals surface area contributed by atoms with E-state index < -0.39 is 0 Å². The van der Waals surface area contributed by atoms with Crippen LogP contribution in [-0.4, -0.2) is 6.85 Å². The molecule has 0 atom stereocenters. The van der Waals surface area contributed by atoms with E-state index in [0.29, 0.717) is 0 Å². The topological polar surface area (TPSA) is 36.0 Å². The fraction of sp³-hybridized carbons (Fsp3) is 0.279. The SMILES string of the molecule is CC(C)(C)c1ccc(N2B3c4sc5cc6c(cc5c4N(c4ccc(C(C)(C)C)cc4-c4ccccc4)c4c3c(cc3c4oc4ccccc43)-c3cc4c(cc32)oc2cc(N(c3ccc(C(C)(C)C)cc3)c3ccc(C(C)(C)C)cc3)ccc24)C(C)(C)CCC6(C)C)cc1. The highest BCUT2D eigenvalue weighted by Gasteiger charge is 2.50. The van der Waals surface area contributed by atoms with E-state index in [1.165, 1.54) is 76.1 Å². The normalized spacial score (nSPS) is 15.3. The summed E-state index contributed by atoms with van der Waals surface area (Å²) in [4.78, 5) is 7.73. The van der Waals surface area contributed by atoms with Gasteiger partial charge in [-0.15, -0.1) is 11.3 Å². The molecule has 464 valence electrons. The smallest absolute Gasteiger partial charge is 0.343 e. The number of furan rings is 2. The van der Waals surface area contributed by atoms with Crippen LogP contribution in [-0.2, 0) is 32.5 Å². The number of benzene rings is 10. The van der Waals surface area contributed by atoms with Crippen LogP contribution < -0.4 is 24.9 Å². The van der Waals surface area contributed by atoms with E-state index in [1.54, 1.807) is 0 Å². The molecule has 5 heterocycles. The first-order valence-corrected chi connectivity index (χ1v) is 34.4. The van der Waals surface area contributed by atoms with Crippen LogP contribution in [0.15, 0.2) is 203 Å². The van der Waals surface area contributed by atoms with Crippen molar-refractivity contribution in [2.45, 2.75) is 156 Å². The van der Waals surface area contributed by atoms with Gasteiger partial charge in [0, 0.05) is 88.1 Å². The van der Waals surface area contributed by atoms with E-state index in [1.807, 2.05) is 11.3 Å². The van der Waals surface area contributed by atoms with Crippen LogP contribution >= 0.6 is 11.3 Å². The van der Waals surface area contributed by atoms with Crippen molar-refractivity contribution in [3.63, 3.8) is 0 Å². The molecule has 93 heavy (non-hydrogen) atoms. The predicted octanol–water partition coefficient (Wildman–Crippen LogP) is 24.1. The third kappa shape index (κ3) is 9.44. The Hall–Kier alpha value is -8.78. The highest BCUT2D eigenvalue weighted by Crippen LogP contribution is 2.58. The van der Waals surface area contributed by atoms with Gasteiger partial charge in [-0.25, -0.2) is 0 Å². The fourth-order valence-electron chi connectivity index (χ4n) is 15.5. The van der Waals surface area contributed by atoms with Crippen molar-refractivity contribution in [2.24, 2.45) is 0 Å². The predicted molar refractivity (Wildman–Crippen MR) is 400 cm³/mol. The highest BCUT2D eigenvalue weighted by molar-refractivity contribution is 7.32. The molecule has 0 spiro atoms. The van der Waals surface area contributed by atoms with Crippen LogP contribution in [0.4, 0.5) is 45.5 Å². The van der Waals surface area contributed by atoms with Gasteiger partial charge in [-0.2, -0.15) is 0 Å². The second-order valence-electron chi connectivity index (χ2n) is 32.5. The van der Waals surface area contributed by atoms with Gasteiger partial charge in [0.25, 0.3) is 0 Å². The molecule has 0 fully saturated rings. The van der Waals surface area contributed by atoms with Gasteiger partial charge in [0.15, 0.2) is 5.58 Å². The van der Waals surface area contributed by atoms with Crippen molar-refractivity contribution in [3.05, 3.63) is 228 Å². The van der Waals surface area contributed by atoms with Crippen molar-refractivity contribution in [2.75, 3.05) is 14.6 Å². The lowest BCUT2D eigenvalue weighted by Crippen LogP contribution is -2.60. The van der Waals surface area contributed by atoms with Gasteiger partial charge < -0.3 is 23.4 Å². The lowest BCUT2D eigenvalue weighted by molar-refractivity contribution is 0.332. The Morgan fingerprint density at radius 3 is 1.58 bits per heavy atom. The maximum atomic E-state index is 7.51. The number of para-hydroxylation sites is 1. The minimum absolute atomic E-state index is 0.0140. The Morgan fingerprint density at radius 1 is 0.419 bits per heavy atom. The zero-order valence-corrected chi connectivity index (χ0v) is 57.8. The number of anilines is 8. The first-order valence-electron chi connectivity index (χ1n) is 33.6. The van der Waals surface area contributed by atoms with Crippen molar-refractivity contribution in [1.82, 2.24) is 0 Å². The van der Waals surface area contributed by atoms with Crippen LogP contribution in [0.5, 0.6) is 0 Å². The molecule has 0 N–H and O–H groups in total. The second kappa shape index (κ2) is 20.4. The molecule has 0 radical (unpaired) electrons. The maximum Gasteiger partial charge on any atom is 0.343 e. The second-order valence-corrected chi connectivity index (χ2v) is 33.6. The van der Waals surface area contributed by atoms with Gasteiger partial charge in [0.05, 0.1) is 17.1 Å². The Balaban J connectivity index is 1.01. The van der Waals surface area contributed by atoms with E-state index >= 15 is 0 Å². The van der Waals surface area contributed by atoms with Crippen molar-refractivity contribution < 1.29 is 8.83 Å². The summed E-state index contributed by atoms with van der Waals surface area (Å²) in [6.45, 7) is 37.2. The molecule has 0 unspecified atom stereocenters. The van der Waals surface area contributed by atoms with E-state index in [-0.39, 0.29) is 39.3 Å². The third-order valence-electron chi connectivity index (χ3n) is 21.1. The van der Waals surface area contributed by atoms with Crippen molar-refractivity contribution in [1.29, 1.82) is 0 Å². The van der Waals surface area contributed by atoms with E-state index in [2.05, 4.69) is 320 Å². The van der Waals surface area contributed by atoms with Crippen LogP contribution in [0.25, 0.3) is 76.2 Å². The zero-order chi connectivity index (χ0) is 64.8. The Kier molecular flexibility index (Phi) is 13.0. The van der Waals surface area contributed by atoms with Gasteiger partial charge in [0.1, 0.15) is 16.7 Å². The number of fused-ring (bicyclic) bond motifs is 14. The molecular weight excluding hydrogens is 1150 g/mol. The van der Waals surface area contributed by atoms with E-state index in [0.717, 1.165) is 102 Å². The summed E-state index contributed by atoms with van der Waals surface area (Å²) in [5.41, 5.74) is 26.3. The molecule has 3 aromatic heterocycles. The van der Waals surface area contributed by atoms with E-state index in [9.17, 15) is 0 Å². The van der Waals surface area contributed by atoms with Crippen LogP contribution in [0, 0.1) is 0 Å². The molecule has 2 aliphatic heterocycles. The Morgan fingerprint density at radius 2 is 0.957 bits per heavy atom. The molecule has 13 aromatic rings. The summed E-state index contributed by atoms with van der Waals surface area (Å²) < 4.78 is 17.5. The minimum Gasteiger partial charge on any atom is -0.456 e. The van der Waals surface area contributed by atoms with Crippen LogP contribution in [0.1, 0.15) is 157 Å². The summed E-state index contributed by atoms with van der Waals surface area (Å²) in [6, 6.07) is 74.1. The maximum absolute atomic E-state index is 7.51. The number of hydrogen-bond acceptors (Lipinski definition) is 6. The van der Waals surface area contributed by atoms with Gasteiger partial charge in [-0.05, 0) is 186 Å². The number of nitrogens with zero attached hydrogens (tertiary/aromatic N) is 3. The number of thiophene rings is 1. The minimum atomic E-state index is -0.271. The summed E-state index contributed by atoms with van der Waals surface area (Å²) in [7, 11) is 0. The Bertz CT molecular complexity index is 5130. The van der Waals surface area contributed by atoms with Crippen molar-refractivity contribution in [3.8, 4) is 22.3 Å². The summed E-state index contributed by atoms with van der Waals surface area (Å²) in [6.07, 6.45) is 2.26. The zero-order valence-electron chi connectivity index (χ0n) is 57.0. The summed E-state index contributed by atoms with van der Waals surface area (Å²) in [5, 5.41) is 5.63. The molecule has 0 bridgehead atoms. The van der Waals surface area contributed by atoms with Gasteiger partial charge in [-0.1, -0.05) is 202 Å². The molecule has 0 amide bonds. The molecular formula is C86H84BN3O2S. The standard InChI is InChI=1S/C86H84BN3O2S/c1-81(2,3)52-26-33-56(34-27-52)88(57-35-28-53(29-36-57)82(4,5)6)59-39-40-61-64-46-63-65-47-66-60-24-20-21-25-72(60)92-79(66)78-76(65)87(90(71(63)50-74(64)91-73(61)45-59)58-37-30-54(31-38-58)83(7,8)9)80-77(67-48-68-69(49-75(67)93-80)86(15,16)43-42-85(68,13)14)89(78)70-41-32-55(84(10,11)12)44-62(70)51-22-18-17-19-23-51/h17-41,44-50H,42-43H2,1-16H3. The first-order chi connectivity index (χ1) is 44.1. The quantitative estimate of drug-likeness (QED) is 0.155. The average Bonchev–Trinajstić information content (AvgIpc) is 1.62. The molecule has 16 rings (SSSR count). The van der Waals surface area contributed by atoms with Gasteiger partial charge >= 0.3 is 6.85 Å². The number of hydrogen-bond donors (Lipinski definition) is 0. The Labute approximate surface area is 553 Å². The lowest BCUT2D eigenvalue weighted by Gasteiger charge is -2.45. The number of rotatable bonds is 6. The molecule has 5 nitrogen and oxygen atoms in total. The first kappa shape index (κ1) is 59.3. The summed E-state index contributed by atoms with van der Waals surface area (Å²) in [5.74, 6) is 0. The fourth-order valence-corrected chi connectivity index (χ4v) is 16.8. The molecule has 3 aliphatic rings. The van der Waals surface area contributed by atoms with Gasteiger partial charge in [-0.3, -0.25) is 0 Å². The molecule has 0 saturated heterocycles. The average molecular weight is 1230 g/mol. The third-order valence-corrected chi connectivity index (χ3v) is 22.3. The summed E-state index contributed by atoms with van der Waals surface area (Å²) >= 11 is 1.98. The molecule has 1 aliphatic carbocycles. The van der Waals surface area contributed by atoms with Crippen molar-refractivity contribution >= 4 is 128 Å². The monoisotopic (exact) mass is 1230 g/mol. The van der Waals surface area contributed by atoms with E-state index in [4.69, 9.17) is 8.83 Å². The van der Waals surface area contributed by atoms with Gasteiger partial charge in [0.2, 0.25) is 0 Å². The molecule has 7 heteroatoms. The molecule has 10 aromatic carbocycles. The highest BCUT2D eigenvalue weighted by atomic mass is 32.1. The molecule has 0 saturated carbocycles. The lowest BCUT2D eigenvalue weighted by atomic mass is 9.46.